The van der Waals surface area contributed by atoms with Crippen molar-refractivity contribution < 1.29 is 23.9 Å². The first-order valence-electron chi connectivity index (χ1n) is 16.8. The van der Waals surface area contributed by atoms with Crippen molar-refractivity contribution in [1.29, 1.82) is 0 Å². The molecular formula is C38H42N4O5. The number of ether oxygens (including phenoxy) is 2. The fourth-order valence-corrected chi connectivity index (χ4v) is 7.74. The van der Waals surface area contributed by atoms with Crippen LogP contribution < -0.4 is 15.4 Å². The number of likely N-dealkylation sites (tertiary alicyclic amines) is 1. The maximum absolute atomic E-state index is 14.4. The Morgan fingerprint density at radius 3 is 2.32 bits per heavy atom. The molecule has 47 heavy (non-hydrogen) atoms. The molecule has 3 aromatic carbocycles. The lowest BCUT2D eigenvalue weighted by atomic mass is 9.74. The van der Waals surface area contributed by atoms with E-state index < -0.39 is 29.6 Å². The molecule has 2 N–H and O–H groups in total. The second-order valence-electron chi connectivity index (χ2n) is 13.2. The van der Waals surface area contributed by atoms with Crippen LogP contribution in [0.4, 0.5) is 5.69 Å². The number of fused-ring (bicyclic) bond motifs is 1. The molecule has 3 heterocycles. The number of anilines is 1. The standard InChI is InChI=1S/C38H42N4O5/c1-41(25-26-11-5-2-6-12-26)23-24-42-34(36(44)40-27-13-7-3-8-14-27)38-22-21-31(47-38)32(33(38)37(42)45)35(43)39-28-17-19-30(20-18-28)46-29-15-9-4-10-16-29/h2,4-6,9-12,15-22,27,31-34H,3,7-8,13-14,23-25H2,1H3,(H,39,43)(H,40,44)/t31-,32-,33-,34-,38+/m1/s1. The molecule has 4 aliphatic rings. The Morgan fingerprint density at radius 1 is 0.915 bits per heavy atom. The Hall–Kier alpha value is -4.47. The highest BCUT2D eigenvalue weighted by Gasteiger charge is 2.72. The van der Waals surface area contributed by atoms with Gasteiger partial charge in [0.15, 0.2) is 0 Å². The minimum absolute atomic E-state index is 0.0833. The van der Waals surface area contributed by atoms with Crippen LogP contribution in [0, 0.1) is 11.8 Å². The van der Waals surface area contributed by atoms with Gasteiger partial charge in [0.05, 0.1) is 17.9 Å². The summed E-state index contributed by atoms with van der Waals surface area (Å²) in [5.41, 5.74) is 0.576. The maximum Gasteiger partial charge on any atom is 0.246 e. The fourth-order valence-electron chi connectivity index (χ4n) is 7.74. The molecule has 0 aromatic heterocycles. The van der Waals surface area contributed by atoms with Gasteiger partial charge in [-0.25, -0.2) is 0 Å². The number of para-hydroxylation sites is 1. The lowest BCUT2D eigenvalue weighted by molar-refractivity contribution is -0.141. The average Bonchev–Trinajstić information content (AvgIpc) is 3.73. The number of hydrogen-bond donors (Lipinski definition) is 2. The number of nitrogens with zero attached hydrogens (tertiary/aromatic N) is 2. The first-order chi connectivity index (χ1) is 22.9. The zero-order valence-electron chi connectivity index (χ0n) is 26.7. The van der Waals surface area contributed by atoms with Crippen LogP contribution in [-0.4, -0.2) is 71.4 Å². The van der Waals surface area contributed by atoms with Crippen LogP contribution in [0.25, 0.3) is 0 Å². The van der Waals surface area contributed by atoms with Gasteiger partial charge in [0.1, 0.15) is 23.1 Å². The number of carbonyl (C=O) groups is 3. The molecule has 3 aliphatic heterocycles. The highest BCUT2D eigenvalue weighted by atomic mass is 16.5. The van der Waals surface area contributed by atoms with E-state index in [4.69, 9.17) is 9.47 Å². The Kier molecular flexibility index (Phi) is 8.84. The van der Waals surface area contributed by atoms with E-state index in [0.717, 1.165) is 38.0 Å². The Balaban J connectivity index is 1.09. The molecule has 0 unspecified atom stereocenters. The molecule has 1 saturated carbocycles. The molecule has 1 aliphatic carbocycles. The molecule has 3 fully saturated rings. The highest BCUT2D eigenvalue weighted by Crippen LogP contribution is 2.55. The topological polar surface area (TPSA) is 100 Å². The molecule has 0 radical (unpaired) electrons. The third-order valence-electron chi connectivity index (χ3n) is 10.00. The maximum atomic E-state index is 14.4. The van der Waals surface area contributed by atoms with E-state index >= 15 is 0 Å². The summed E-state index contributed by atoms with van der Waals surface area (Å²) < 4.78 is 12.4. The predicted molar refractivity (Wildman–Crippen MR) is 179 cm³/mol. The number of nitrogens with one attached hydrogen (secondary N) is 2. The summed E-state index contributed by atoms with van der Waals surface area (Å²) in [7, 11) is 2.01. The van der Waals surface area contributed by atoms with Gasteiger partial charge >= 0.3 is 0 Å². The number of likely N-dealkylation sites (N-methyl/N-ethyl adjacent to an activating group) is 1. The first-order valence-corrected chi connectivity index (χ1v) is 16.8. The van der Waals surface area contributed by atoms with Crippen molar-refractivity contribution in [2.45, 2.75) is 62.4 Å². The number of carbonyl (C=O) groups excluding carboxylic acids is 3. The van der Waals surface area contributed by atoms with Gasteiger partial charge in [-0.2, -0.15) is 0 Å². The van der Waals surface area contributed by atoms with Gasteiger partial charge in [0.2, 0.25) is 17.7 Å². The van der Waals surface area contributed by atoms with Crippen LogP contribution in [0.5, 0.6) is 11.5 Å². The summed E-state index contributed by atoms with van der Waals surface area (Å²) in [5, 5.41) is 6.27. The van der Waals surface area contributed by atoms with Gasteiger partial charge in [-0.05, 0) is 61.9 Å². The van der Waals surface area contributed by atoms with Crippen LogP contribution in [0.3, 0.4) is 0 Å². The predicted octanol–water partition coefficient (Wildman–Crippen LogP) is 5.15. The van der Waals surface area contributed by atoms with E-state index in [-0.39, 0.29) is 23.8 Å². The molecule has 9 heteroatoms. The van der Waals surface area contributed by atoms with Gasteiger partial charge < -0.3 is 29.9 Å². The number of hydrogen-bond acceptors (Lipinski definition) is 6. The van der Waals surface area contributed by atoms with Gasteiger partial charge in [-0.1, -0.05) is 79.9 Å². The first kappa shape index (κ1) is 31.1. The second kappa shape index (κ2) is 13.3. The summed E-state index contributed by atoms with van der Waals surface area (Å²) >= 11 is 0. The average molecular weight is 635 g/mol. The largest absolute Gasteiger partial charge is 0.457 e. The van der Waals surface area contributed by atoms with E-state index in [2.05, 4.69) is 27.7 Å². The molecule has 2 saturated heterocycles. The SMILES string of the molecule is CN(CCN1C(=O)[C@H]2[C@H](C(=O)Nc3ccc(Oc4ccccc4)cc3)[C@H]3C=C[C@@]2(O3)[C@H]1C(=O)NC1CCCCC1)Cc1ccccc1. The molecule has 5 atom stereocenters. The highest BCUT2D eigenvalue weighted by molar-refractivity contribution is 6.02. The lowest BCUT2D eigenvalue weighted by Crippen LogP contribution is -2.57. The van der Waals surface area contributed by atoms with E-state index in [0.29, 0.717) is 24.5 Å². The van der Waals surface area contributed by atoms with Crippen LogP contribution in [0.15, 0.2) is 97.1 Å². The van der Waals surface area contributed by atoms with Gasteiger partial charge in [0, 0.05) is 31.4 Å². The molecule has 2 bridgehead atoms. The Morgan fingerprint density at radius 2 is 1.60 bits per heavy atom. The molecular weight excluding hydrogens is 592 g/mol. The van der Waals surface area contributed by atoms with Crippen molar-refractivity contribution in [3.8, 4) is 11.5 Å². The van der Waals surface area contributed by atoms with E-state index in [1.54, 1.807) is 29.2 Å². The minimum Gasteiger partial charge on any atom is -0.457 e. The molecule has 3 amide bonds. The smallest absolute Gasteiger partial charge is 0.246 e. The zero-order valence-corrected chi connectivity index (χ0v) is 26.7. The Labute approximate surface area is 275 Å². The van der Waals surface area contributed by atoms with Crippen molar-refractivity contribution in [3.05, 3.63) is 103 Å². The van der Waals surface area contributed by atoms with Gasteiger partial charge in [0.25, 0.3) is 0 Å². The van der Waals surface area contributed by atoms with Crippen molar-refractivity contribution >= 4 is 23.4 Å². The normalized spacial score (nSPS) is 26.4. The van der Waals surface area contributed by atoms with Gasteiger partial charge in [-0.3, -0.25) is 14.4 Å². The van der Waals surface area contributed by atoms with Crippen LogP contribution in [0.2, 0.25) is 0 Å². The van der Waals surface area contributed by atoms with Crippen molar-refractivity contribution in [2.75, 3.05) is 25.5 Å². The minimum atomic E-state index is -1.19. The number of amides is 3. The van der Waals surface area contributed by atoms with Crippen molar-refractivity contribution in [2.24, 2.45) is 11.8 Å². The molecule has 9 nitrogen and oxygen atoms in total. The van der Waals surface area contributed by atoms with Crippen LogP contribution in [0.1, 0.15) is 37.7 Å². The van der Waals surface area contributed by atoms with Crippen molar-refractivity contribution in [1.82, 2.24) is 15.1 Å². The lowest BCUT2D eigenvalue weighted by Gasteiger charge is -2.34. The zero-order chi connectivity index (χ0) is 32.4. The second-order valence-corrected chi connectivity index (χ2v) is 13.2. The summed E-state index contributed by atoms with van der Waals surface area (Å²) in [6.45, 7) is 1.63. The summed E-state index contributed by atoms with van der Waals surface area (Å²) in [6, 6.07) is 26.0. The van der Waals surface area contributed by atoms with Crippen LogP contribution in [-0.2, 0) is 25.7 Å². The molecule has 3 aromatic rings. The monoisotopic (exact) mass is 634 g/mol. The molecule has 7 rings (SSSR count). The third-order valence-corrected chi connectivity index (χ3v) is 10.00. The fraction of sp³-hybridized carbons (Fsp3) is 0.395. The summed E-state index contributed by atoms with van der Waals surface area (Å²) in [4.78, 5) is 46.2. The molecule has 244 valence electrons. The summed E-state index contributed by atoms with van der Waals surface area (Å²) in [5.74, 6) is -0.891. The van der Waals surface area contributed by atoms with E-state index in [1.807, 2.05) is 67.7 Å². The van der Waals surface area contributed by atoms with E-state index in [9.17, 15) is 14.4 Å². The number of rotatable bonds is 11. The van der Waals surface area contributed by atoms with Crippen molar-refractivity contribution in [3.63, 3.8) is 0 Å². The molecule has 1 spiro atoms. The third kappa shape index (κ3) is 6.30. The van der Waals surface area contributed by atoms with Gasteiger partial charge in [-0.15, -0.1) is 0 Å². The number of benzene rings is 3. The van der Waals surface area contributed by atoms with E-state index in [1.165, 1.54) is 12.0 Å². The van der Waals surface area contributed by atoms with Crippen LogP contribution >= 0.6 is 0 Å². The Bertz CT molecular complexity index is 1610. The summed E-state index contributed by atoms with van der Waals surface area (Å²) in [6.07, 6.45) is 8.34. The quantitative estimate of drug-likeness (QED) is 0.283.